The largest absolute Gasteiger partial charge is 0.479 e. The second-order valence-corrected chi connectivity index (χ2v) is 3.95. The predicted molar refractivity (Wildman–Crippen MR) is 51.3 cm³/mol. The smallest absolute Gasteiger partial charge is 0.335 e. The molecular weight excluding hydrogens is 184 g/mol. The molecule has 0 saturated heterocycles. The van der Waals surface area contributed by atoms with Crippen LogP contribution in [0.4, 0.5) is 0 Å². The van der Waals surface area contributed by atoms with Crippen LogP contribution in [0, 0.1) is 0 Å². The van der Waals surface area contributed by atoms with Gasteiger partial charge in [0.25, 0.3) is 0 Å². The molecule has 0 aromatic carbocycles. The van der Waals surface area contributed by atoms with Crippen LogP contribution in [0.1, 0.15) is 32.6 Å². The van der Waals surface area contributed by atoms with Gasteiger partial charge in [-0.2, -0.15) is 0 Å². The molecule has 1 aliphatic carbocycles. The van der Waals surface area contributed by atoms with Crippen LogP contribution in [0.2, 0.25) is 0 Å². The minimum atomic E-state index is -1.08. The molecule has 0 aliphatic heterocycles. The molecule has 1 atom stereocenters. The highest BCUT2D eigenvalue weighted by Crippen LogP contribution is 2.29. The summed E-state index contributed by atoms with van der Waals surface area (Å²) in [4.78, 5) is 11.0. The van der Waals surface area contributed by atoms with E-state index in [1.54, 1.807) is 14.0 Å². The molecule has 0 bridgehead atoms. The molecule has 1 saturated carbocycles. The predicted octanol–water partition coefficient (Wildman–Crippen LogP) is 1.44. The number of rotatable bonds is 6. The topological polar surface area (TPSA) is 55.8 Å². The van der Waals surface area contributed by atoms with Crippen molar-refractivity contribution in [3.05, 3.63) is 0 Å². The van der Waals surface area contributed by atoms with E-state index in [1.807, 2.05) is 0 Å². The first kappa shape index (κ1) is 11.5. The number of carboxylic acid groups (broad SMARTS) is 1. The van der Waals surface area contributed by atoms with Crippen molar-refractivity contribution < 1.29 is 19.4 Å². The summed E-state index contributed by atoms with van der Waals surface area (Å²) in [5.41, 5.74) is -1.08. The maximum absolute atomic E-state index is 11.0. The van der Waals surface area contributed by atoms with Crippen LogP contribution in [0.3, 0.4) is 0 Å². The van der Waals surface area contributed by atoms with Gasteiger partial charge in [0.05, 0.1) is 6.10 Å². The second kappa shape index (κ2) is 4.75. The molecular formula is C10H18O4. The fraction of sp³-hybridized carbons (Fsp3) is 0.900. The molecule has 1 N–H and O–H groups in total. The average Bonchev–Trinajstić information content (AvgIpc) is 2.08. The lowest BCUT2D eigenvalue weighted by atomic mass is 9.94. The van der Waals surface area contributed by atoms with Crippen molar-refractivity contribution in [1.82, 2.24) is 0 Å². The number of hydrogen-bond donors (Lipinski definition) is 1. The van der Waals surface area contributed by atoms with Gasteiger partial charge in [-0.25, -0.2) is 4.79 Å². The zero-order valence-corrected chi connectivity index (χ0v) is 8.78. The molecule has 0 radical (unpaired) electrons. The number of ether oxygens (including phenoxy) is 2. The van der Waals surface area contributed by atoms with Crippen molar-refractivity contribution in [3.63, 3.8) is 0 Å². The number of carbonyl (C=O) groups is 1. The van der Waals surface area contributed by atoms with Crippen LogP contribution in [-0.2, 0) is 14.3 Å². The highest BCUT2D eigenvalue weighted by atomic mass is 16.5. The third-order valence-corrected chi connectivity index (χ3v) is 2.71. The average molecular weight is 202 g/mol. The normalized spacial score (nSPS) is 21.3. The lowest BCUT2D eigenvalue weighted by Crippen LogP contribution is -2.44. The van der Waals surface area contributed by atoms with E-state index in [1.165, 1.54) is 0 Å². The molecule has 1 aliphatic rings. The Morgan fingerprint density at radius 2 is 2.21 bits per heavy atom. The van der Waals surface area contributed by atoms with Gasteiger partial charge in [0.2, 0.25) is 0 Å². The van der Waals surface area contributed by atoms with E-state index in [0.29, 0.717) is 13.0 Å². The van der Waals surface area contributed by atoms with Gasteiger partial charge in [0.15, 0.2) is 5.60 Å². The van der Waals surface area contributed by atoms with Gasteiger partial charge in [-0.05, 0) is 26.2 Å². The lowest BCUT2D eigenvalue weighted by molar-refractivity contribution is -0.180. The van der Waals surface area contributed by atoms with Gasteiger partial charge >= 0.3 is 5.97 Å². The molecule has 0 aromatic heterocycles. The molecule has 0 amide bonds. The van der Waals surface area contributed by atoms with Gasteiger partial charge in [-0.3, -0.25) is 0 Å². The number of carboxylic acids is 1. The quantitative estimate of drug-likeness (QED) is 0.708. The van der Waals surface area contributed by atoms with E-state index in [4.69, 9.17) is 14.6 Å². The zero-order valence-electron chi connectivity index (χ0n) is 8.78. The minimum absolute atomic E-state index is 0.132. The van der Waals surface area contributed by atoms with E-state index in [2.05, 4.69) is 0 Å². The Balaban J connectivity index is 2.46. The van der Waals surface area contributed by atoms with E-state index in [9.17, 15) is 4.79 Å². The molecule has 0 aromatic rings. The van der Waals surface area contributed by atoms with Gasteiger partial charge in [-0.15, -0.1) is 0 Å². The third kappa shape index (κ3) is 2.69. The maximum atomic E-state index is 11.0. The van der Waals surface area contributed by atoms with Crippen LogP contribution in [0.5, 0.6) is 0 Å². The summed E-state index contributed by atoms with van der Waals surface area (Å²) in [6.45, 7) is 2.03. The molecule has 0 spiro atoms. The Morgan fingerprint density at radius 3 is 2.57 bits per heavy atom. The van der Waals surface area contributed by atoms with Crippen molar-refractivity contribution in [2.24, 2.45) is 0 Å². The van der Waals surface area contributed by atoms with Gasteiger partial charge in [0, 0.05) is 20.1 Å². The van der Waals surface area contributed by atoms with Crippen LogP contribution in [-0.4, -0.2) is 36.5 Å². The highest BCUT2D eigenvalue weighted by Gasteiger charge is 2.38. The molecule has 82 valence electrons. The SMILES string of the molecule is COCCC(C)(OC1CCC1)C(=O)O. The summed E-state index contributed by atoms with van der Waals surface area (Å²) in [6, 6.07) is 0. The van der Waals surface area contributed by atoms with Crippen molar-refractivity contribution >= 4 is 5.97 Å². The van der Waals surface area contributed by atoms with Crippen LogP contribution in [0.15, 0.2) is 0 Å². The fourth-order valence-corrected chi connectivity index (χ4v) is 1.37. The first-order chi connectivity index (χ1) is 6.58. The zero-order chi connectivity index (χ0) is 10.6. The van der Waals surface area contributed by atoms with Crippen LogP contribution < -0.4 is 0 Å². The van der Waals surface area contributed by atoms with E-state index in [0.717, 1.165) is 19.3 Å². The van der Waals surface area contributed by atoms with E-state index < -0.39 is 11.6 Å². The summed E-state index contributed by atoms with van der Waals surface area (Å²) in [7, 11) is 1.56. The molecule has 0 heterocycles. The Hall–Kier alpha value is -0.610. The van der Waals surface area contributed by atoms with E-state index >= 15 is 0 Å². The fourth-order valence-electron chi connectivity index (χ4n) is 1.37. The van der Waals surface area contributed by atoms with Gasteiger partial charge < -0.3 is 14.6 Å². The summed E-state index contributed by atoms with van der Waals surface area (Å²) in [6.07, 6.45) is 3.64. The summed E-state index contributed by atoms with van der Waals surface area (Å²) < 4.78 is 10.4. The molecule has 1 rings (SSSR count). The first-order valence-electron chi connectivity index (χ1n) is 4.98. The van der Waals surface area contributed by atoms with Crippen LogP contribution in [0.25, 0.3) is 0 Å². The lowest BCUT2D eigenvalue weighted by Gasteiger charge is -2.34. The maximum Gasteiger partial charge on any atom is 0.335 e. The Kier molecular flexibility index (Phi) is 3.89. The summed E-state index contributed by atoms with van der Waals surface area (Å²) >= 11 is 0. The first-order valence-corrected chi connectivity index (χ1v) is 4.98. The van der Waals surface area contributed by atoms with E-state index in [-0.39, 0.29) is 6.10 Å². The van der Waals surface area contributed by atoms with Crippen molar-refractivity contribution in [3.8, 4) is 0 Å². The van der Waals surface area contributed by atoms with Crippen molar-refractivity contribution in [2.75, 3.05) is 13.7 Å². The number of methoxy groups -OCH3 is 1. The Bertz CT molecular complexity index is 200. The summed E-state index contributed by atoms with van der Waals surface area (Å²) in [5.74, 6) is -0.901. The molecule has 4 nitrogen and oxygen atoms in total. The molecule has 4 heteroatoms. The van der Waals surface area contributed by atoms with Crippen molar-refractivity contribution in [1.29, 1.82) is 0 Å². The Labute approximate surface area is 84.2 Å². The standard InChI is InChI=1S/C10H18O4/c1-10(9(11)12,6-7-13-2)14-8-4-3-5-8/h8H,3-7H2,1-2H3,(H,11,12). The Morgan fingerprint density at radius 1 is 1.57 bits per heavy atom. The third-order valence-electron chi connectivity index (χ3n) is 2.71. The van der Waals surface area contributed by atoms with Gasteiger partial charge in [0.1, 0.15) is 0 Å². The monoisotopic (exact) mass is 202 g/mol. The van der Waals surface area contributed by atoms with Gasteiger partial charge in [-0.1, -0.05) is 0 Å². The summed E-state index contributed by atoms with van der Waals surface area (Å²) in [5, 5.41) is 9.05. The minimum Gasteiger partial charge on any atom is -0.479 e. The molecule has 1 unspecified atom stereocenters. The second-order valence-electron chi connectivity index (χ2n) is 3.95. The highest BCUT2D eigenvalue weighted by molar-refractivity contribution is 5.76. The number of aliphatic carboxylic acids is 1. The molecule has 14 heavy (non-hydrogen) atoms. The molecule has 1 fully saturated rings. The van der Waals surface area contributed by atoms with Crippen LogP contribution >= 0.6 is 0 Å². The van der Waals surface area contributed by atoms with Crippen molar-refractivity contribution in [2.45, 2.75) is 44.3 Å². The number of hydrogen-bond acceptors (Lipinski definition) is 3.